The molecule has 1 aliphatic rings. The molecule has 3 rings (SSSR count). The summed E-state index contributed by atoms with van der Waals surface area (Å²) in [5.74, 6) is 0. The molecule has 1 aliphatic heterocycles. The van der Waals surface area contributed by atoms with E-state index < -0.39 is 8.80 Å². The predicted octanol–water partition coefficient (Wildman–Crippen LogP) is 3.87. The minimum Gasteiger partial charge on any atom is -0.373 e. The average Bonchev–Trinajstić information content (AvgIpc) is 3.12. The molecule has 0 fully saturated rings. The average molecular weight is 435 g/mol. The Labute approximate surface area is 181 Å². The maximum atomic E-state index is 5.56. The highest BCUT2D eigenvalue weighted by atomic mass is 35.5. The first kappa shape index (κ1) is 23.4. The Bertz CT molecular complexity index is 822. The molecule has 0 amide bonds. The molecule has 1 heterocycles. The number of aryl methyl sites for hydroxylation is 3. The Hall–Kier alpha value is -1.83. The second kappa shape index (κ2) is 9.78. The Morgan fingerprint density at radius 1 is 0.862 bits per heavy atom. The lowest BCUT2D eigenvalue weighted by Crippen LogP contribution is -2.54. The first-order chi connectivity index (χ1) is 13.4. The van der Waals surface area contributed by atoms with Gasteiger partial charge in [0.25, 0.3) is 0 Å². The molecule has 2 aromatic rings. The third kappa shape index (κ3) is 4.84. The van der Waals surface area contributed by atoms with E-state index in [0.29, 0.717) is 0 Å². The quantitative estimate of drug-likeness (QED) is 0.618. The molecule has 2 aromatic carbocycles. The molecular weight excluding hydrogens is 404 g/mol. The molecule has 0 spiro atoms. The lowest BCUT2D eigenvalue weighted by Gasteiger charge is -2.26. The highest BCUT2D eigenvalue weighted by Gasteiger charge is 2.40. The molecular formula is C22H31ClN2O3Si. The molecule has 0 bridgehead atoms. The predicted molar refractivity (Wildman–Crippen MR) is 123 cm³/mol. The van der Waals surface area contributed by atoms with Gasteiger partial charge in [0.15, 0.2) is 0 Å². The summed E-state index contributed by atoms with van der Waals surface area (Å²) in [6, 6.07) is 12.8. The van der Waals surface area contributed by atoms with Crippen molar-refractivity contribution in [1.29, 1.82) is 0 Å². The molecule has 0 saturated carbocycles. The molecule has 0 saturated heterocycles. The van der Waals surface area contributed by atoms with Crippen molar-refractivity contribution in [2.24, 2.45) is 0 Å². The molecule has 0 aliphatic carbocycles. The summed E-state index contributed by atoms with van der Waals surface area (Å²) in [5.41, 5.74) is 6.47. The van der Waals surface area contributed by atoms with Gasteiger partial charge in [-0.15, -0.1) is 12.4 Å². The van der Waals surface area contributed by atoms with Crippen LogP contribution in [0.5, 0.6) is 0 Å². The van der Waals surface area contributed by atoms with Crippen LogP contribution in [0.25, 0.3) is 0 Å². The molecule has 158 valence electrons. The second-order valence-corrected chi connectivity index (χ2v) is 10.2. The van der Waals surface area contributed by atoms with E-state index in [4.69, 9.17) is 13.3 Å². The second-order valence-electron chi connectivity index (χ2n) is 7.27. The van der Waals surface area contributed by atoms with Crippen LogP contribution in [-0.4, -0.2) is 41.7 Å². The van der Waals surface area contributed by atoms with Crippen molar-refractivity contribution in [3.8, 4) is 0 Å². The fourth-order valence-electron chi connectivity index (χ4n) is 3.99. The van der Waals surface area contributed by atoms with Gasteiger partial charge < -0.3 is 23.1 Å². The maximum Gasteiger partial charge on any atom is 0.536 e. The van der Waals surface area contributed by atoms with E-state index in [0.717, 1.165) is 18.4 Å². The molecule has 29 heavy (non-hydrogen) atoms. The van der Waals surface area contributed by atoms with Gasteiger partial charge in [-0.1, -0.05) is 42.0 Å². The van der Waals surface area contributed by atoms with Gasteiger partial charge in [0.1, 0.15) is 0 Å². The SMILES string of the molecule is CO[Si](OC)(OC)c1ccc(CN2C=CN(c3c(C)cc(C)cc3C)C2)cc1.Cl. The van der Waals surface area contributed by atoms with E-state index in [1.165, 1.54) is 27.9 Å². The summed E-state index contributed by atoms with van der Waals surface area (Å²) >= 11 is 0. The summed E-state index contributed by atoms with van der Waals surface area (Å²) < 4.78 is 16.7. The van der Waals surface area contributed by atoms with Gasteiger partial charge in [0.2, 0.25) is 0 Å². The van der Waals surface area contributed by atoms with Crippen molar-refractivity contribution in [1.82, 2.24) is 4.90 Å². The van der Waals surface area contributed by atoms with Crippen molar-refractivity contribution in [2.45, 2.75) is 27.3 Å². The Morgan fingerprint density at radius 2 is 1.41 bits per heavy atom. The van der Waals surface area contributed by atoms with Crippen LogP contribution in [0.4, 0.5) is 5.69 Å². The van der Waals surface area contributed by atoms with Gasteiger partial charge in [0, 0.05) is 51.1 Å². The van der Waals surface area contributed by atoms with E-state index in [9.17, 15) is 0 Å². The van der Waals surface area contributed by atoms with Gasteiger partial charge in [0.05, 0.1) is 6.67 Å². The fourth-order valence-corrected chi connectivity index (χ4v) is 5.77. The smallest absolute Gasteiger partial charge is 0.373 e. The number of halogens is 1. The van der Waals surface area contributed by atoms with E-state index in [1.807, 2.05) is 12.1 Å². The molecule has 5 nitrogen and oxygen atoms in total. The third-order valence-corrected chi connectivity index (χ3v) is 7.87. The van der Waals surface area contributed by atoms with Crippen LogP contribution in [0.1, 0.15) is 22.3 Å². The number of benzene rings is 2. The van der Waals surface area contributed by atoms with Crippen molar-refractivity contribution in [3.63, 3.8) is 0 Å². The van der Waals surface area contributed by atoms with Gasteiger partial charge >= 0.3 is 8.80 Å². The van der Waals surface area contributed by atoms with Crippen LogP contribution in [0.3, 0.4) is 0 Å². The van der Waals surface area contributed by atoms with Gasteiger partial charge in [-0.3, -0.25) is 0 Å². The standard InChI is InChI=1S/C22H30N2O3Si.ClH/c1-17-13-18(2)22(19(3)14-17)24-12-11-23(16-24)15-20-7-9-21(10-8-20)28(25-4,26-5)27-6;/h7-14H,15-16H2,1-6H3;1H. The lowest BCUT2D eigenvalue weighted by atomic mass is 10.0. The molecule has 7 heteroatoms. The lowest BCUT2D eigenvalue weighted by molar-refractivity contribution is 0.140. The zero-order chi connectivity index (χ0) is 20.3. The monoisotopic (exact) mass is 434 g/mol. The highest BCUT2D eigenvalue weighted by molar-refractivity contribution is 6.75. The van der Waals surface area contributed by atoms with Crippen molar-refractivity contribution in [2.75, 3.05) is 32.9 Å². The molecule has 0 N–H and O–H groups in total. The number of hydrogen-bond acceptors (Lipinski definition) is 5. The minimum absolute atomic E-state index is 0. The summed E-state index contributed by atoms with van der Waals surface area (Å²) in [6.45, 7) is 8.20. The van der Waals surface area contributed by atoms with Crippen LogP contribution in [0.15, 0.2) is 48.8 Å². The summed E-state index contributed by atoms with van der Waals surface area (Å²) in [7, 11) is 2.12. The van der Waals surface area contributed by atoms with Crippen molar-refractivity contribution in [3.05, 3.63) is 71.1 Å². The zero-order valence-corrected chi connectivity index (χ0v) is 19.9. The third-order valence-electron chi connectivity index (χ3n) is 5.21. The van der Waals surface area contributed by atoms with Gasteiger partial charge in [-0.05, 0) is 37.5 Å². The minimum atomic E-state index is -2.77. The van der Waals surface area contributed by atoms with Crippen molar-refractivity contribution < 1.29 is 13.3 Å². The fraction of sp³-hybridized carbons (Fsp3) is 0.364. The Balaban J connectivity index is 0.00000300. The maximum absolute atomic E-state index is 5.56. The first-order valence-electron chi connectivity index (χ1n) is 9.44. The van der Waals surface area contributed by atoms with Crippen LogP contribution in [-0.2, 0) is 19.8 Å². The van der Waals surface area contributed by atoms with Gasteiger partial charge in [-0.2, -0.15) is 0 Å². The summed E-state index contributed by atoms with van der Waals surface area (Å²) in [5, 5.41) is 0.966. The highest BCUT2D eigenvalue weighted by Crippen LogP contribution is 2.29. The van der Waals surface area contributed by atoms with E-state index in [1.54, 1.807) is 21.3 Å². The van der Waals surface area contributed by atoms with Crippen LogP contribution in [0.2, 0.25) is 0 Å². The molecule has 0 aromatic heterocycles. The number of anilines is 1. The zero-order valence-electron chi connectivity index (χ0n) is 18.1. The topological polar surface area (TPSA) is 34.2 Å². The number of rotatable bonds is 7. The summed E-state index contributed by atoms with van der Waals surface area (Å²) in [4.78, 5) is 4.62. The Morgan fingerprint density at radius 3 is 1.93 bits per heavy atom. The molecule has 0 atom stereocenters. The number of hydrogen-bond donors (Lipinski definition) is 0. The van der Waals surface area contributed by atoms with E-state index in [2.05, 4.69) is 67.2 Å². The molecule has 0 radical (unpaired) electrons. The van der Waals surface area contributed by atoms with E-state index in [-0.39, 0.29) is 12.4 Å². The largest absolute Gasteiger partial charge is 0.536 e. The van der Waals surface area contributed by atoms with Crippen LogP contribution >= 0.6 is 12.4 Å². The van der Waals surface area contributed by atoms with Crippen LogP contribution < -0.4 is 10.1 Å². The molecule has 0 unspecified atom stereocenters. The van der Waals surface area contributed by atoms with E-state index >= 15 is 0 Å². The normalized spacial score (nSPS) is 13.7. The van der Waals surface area contributed by atoms with Crippen molar-refractivity contribution >= 4 is 32.1 Å². The van der Waals surface area contributed by atoms with Crippen LogP contribution in [0, 0.1) is 20.8 Å². The summed E-state index contributed by atoms with van der Waals surface area (Å²) in [6.07, 6.45) is 4.32. The van der Waals surface area contributed by atoms with Gasteiger partial charge in [-0.25, -0.2) is 0 Å². The first-order valence-corrected chi connectivity index (χ1v) is 11.2. The Kier molecular flexibility index (Phi) is 7.91. The number of nitrogens with zero attached hydrogens (tertiary/aromatic N) is 2.